The number of amides is 4. The van der Waals surface area contributed by atoms with Crippen molar-refractivity contribution >= 4 is 35.0 Å². The van der Waals surface area contributed by atoms with Crippen molar-refractivity contribution in [2.45, 2.75) is 39.3 Å². The van der Waals surface area contributed by atoms with Crippen LogP contribution in [-0.4, -0.2) is 41.7 Å². The summed E-state index contributed by atoms with van der Waals surface area (Å²) in [5, 5.41) is 5.64. The van der Waals surface area contributed by atoms with Crippen LogP contribution < -0.4 is 15.4 Å². The number of benzene rings is 1. The highest BCUT2D eigenvalue weighted by molar-refractivity contribution is 7.14. The Labute approximate surface area is 189 Å². The number of rotatable bonds is 5. The normalized spacial score (nSPS) is 20.0. The van der Waals surface area contributed by atoms with Crippen molar-refractivity contribution in [1.82, 2.24) is 15.5 Å². The van der Waals surface area contributed by atoms with Gasteiger partial charge in [-0.15, -0.1) is 11.3 Å². The van der Waals surface area contributed by atoms with E-state index in [0.29, 0.717) is 35.8 Å². The number of nitrogens with one attached hydrogen (secondary N) is 2. The molecule has 1 spiro atoms. The molecule has 9 heteroatoms. The number of thiophene rings is 1. The van der Waals surface area contributed by atoms with Crippen LogP contribution in [0.5, 0.6) is 5.75 Å². The van der Waals surface area contributed by atoms with Crippen LogP contribution in [0, 0.1) is 5.41 Å². The lowest BCUT2D eigenvalue weighted by molar-refractivity contribution is -0.132. The molecule has 168 valence electrons. The van der Waals surface area contributed by atoms with Crippen LogP contribution in [0.2, 0.25) is 0 Å². The minimum absolute atomic E-state index is 0.0832. The molecule has 2 aliphatic rings. The molecule has 2 N–H and O–H groups in total. The monoisotopic (exact) mass is 455 g/mol. The van der Waals surface area contributed by atoms with E-state index in [2.05, 4.69) is 10.6 Å². The van der Waals surface area contributed by atoms with Gasteiger partial charge in [0.15, 0.2) is 11.3 Å². The van der Waals surface area contributed by atoms with E-state index >= 15 is 0 Å². The first kappa shape index (κ1) is 22.0. The summed E-state index contributed by atoms with van der Waals surface area (Å²) in [6.45, 7) is 5.74. The maximum Gasteiger partial charge on any atom is 0.325 e. The molecule has 2 aromatic rings. The summed E-state index contributed by atoms with van der Waals surface area (Å²) in [5.41, 5.74) is -1.10. The fourth-order valence-corrected chi connectivity index (χ4v) is 4.67. The minimum atomic E-state index is -1.20. The lowest BCUT2D eigenvalue weighted by Crippen LogP contribution is -2.47. The van der Waals surface area contributed by atoms with Gasteiger partial charge >= 0.3 is 6.03 Å². The molecule has 1 fully saturated rings. The van der Waals surface area contributed by atoms with Crippen LogP contribution >= 0.6 is 11.3 Å². The number of nitrogens with zero attached hydrogens (tertiary/aromatic N) is 1. The summed E-state index contributed by atoms with van der Waals surface area (Å²) in [6, 6.07) is 9.94. The van der Waals surface area contributed by atoms with Crippen molar-refractivity contribution in [2.24, 2.45) is 5.41 Å². The molecule has 1 atom stereocenters. The van der Waals surface area contributed by atoms with E-state index < -0.39 is 22.9 Å². The minimum Gasteiger partial charge on any atom is -0.493 e. The van der Waals surface area contributed by atoms with Gasteiger partial charge in [0.05, 0.1) is 24.6 Å². The van der Waals surface area contributed by atoms with E-state index in [1.165, 1.54) is 11.3 Å². The fraction of sp³-hybridized carbons (Fsp3) is 0.391. The second-order valence-electron chi connectivity index (χ2n) is 8.94. The lowest BCUT2D eigenvalue weighted by atomic mass is 9.84. The van der Waals surface area contributed by atoms with E-state index in [0.717, 1.165) is 9.78 Å². The van der Waals surface area contributed by atoms with E-state index in [1.807, 2.05) is 20.8 Å². The number of para-hydroxylation sites is 1. The third-order valence-corrected chi connectivity index (χ3v) is 6.73. The molecule has 0 radical (unpaired) electrons. The van der Waals surface area contributed by atoms with Gasteiger partial charge in [-0.2, -0.15) is 0 Å². The van der Waals surface area contributed by atoms with Crippen LogP contribution in [-0.2, 0) is 21.7 Å². The van der Waals surface area contributed by atoms with E-state index in [9.17, 15) is 19.2 Å². The number of hydrogen-bond acceptors (Lipinski definition) is 6. The number of ether oxygens (including phenoxy) is 1. The predicted octanol–water partition coefficient (Wildman–Crippen LogP) is 2.82. The van der Waals surface area contributed by atoms with Gasteiger partial charge in [0.1, 0.15) is 5.75 Å². The summed E-state index contributed by atoms with van der Waals surface area (Å²) >= 11 is 1.24. The van der Waals surface area contributed by atoms with Crippen molar-refractivity contribution in [3.05, 3.63) is 51.7 Å². The molecule has 8 nitrogen and oxygen atoms in total. The number of carbonyl (C=O) groups excluding carboxylic acids is 4. The summed E-state index contributed by atoms with van der Waals surface area (Å²) in [7, 11) is 0. The lowest BCUT2D eigenvalue weighted by Gasteiger charge is -2.33. The van der Waals surface area contributed by atoms with Crippen molar-refractivity contribution in [2.75, 3.05) is 13.2 Å². The van der Waals surface area contributed by atoms with E-state index in [1.54, 1.807) is 36.4 Å². The molecule has 2 aliphatic heterocycles. The first-order chi connectivity index (χ1) is 15.1. The highest BCUT2D eigenvalue weighted by Gasteiger charge is 2.55. The van der Waals surface area contributed by atoms with Gasteiger partial charge in [-0.3, -0.25) is 19.3 Å². The zero-order chi connectivity index (χ0) is 23.1. The molecule has 4 amide bonds. The largest absolute Gasteiger partial charge is 0.493 e. The average Bonchev–Trinajstić information content (AvgIpc) is 3.31. The number of hydrogen-bond donors (Lipinski definition) is 2. The van der Waals surface area contributed by atoms with Gasteiger partial charge in [0.25, 0.3) is 5.91 Å². The smallest absolute Gasteiger partial charge is 0.325 e. The van der Waals surface area contributed by atoms with Crippen molar-refractivity contribution < 1.29 is 23.9 Å². The average molecular weight is 456 g/mol. The Morgan fingerprint density at radius 1 is 1.19 bits per heavy atom. The van der Waals surface area contributed by atoms with Crippen molar-refractivity contribution in [3.8, 4) is 5.75 Å². The van der Waals surface area contributed by atoms with Crippen molar-refractivity contribution in [1.29, 1.82) is 0 Å². The third kappa shape index (κ3) is 3.88. The summed E-state index contributed by atoms with van der Waals surface area (Å²) < 4.78 is 5.63. The molecule has 1 unspecified atom stereocenters. The van der Waals surface area contributed by atoms with Gasteiger partial charge in [-0.25, -0.2) is 4.79 Å². The fourth-order valence-electron chi connectivity index (χ4n) is 3.79. The van der Waals surface area contributed by atoms with E-state index in [-0.39, 0.29) is 18.2 Å². The van der Waals surface area contributed by atoms with Gasteiger partial charge < -0.3 is 15.4 Å². The Hall–Kier alpha value is -3.20. The molecule has 0 bridgehead atoms. The van der Waals surface area contributed by atoms with Crippen LogP contribution in [0.3, 0.4) is 0 Å². The predicted molar refractivity (Wildman–Crippen MR) is 118 cm³/mol. The standard InChI is InChI=1S/C23H25N3O5S/c1-22(2,3)19(28)24-12-14-8-9-18(32-14)16(27)13-26-20(29)23(25-21(26)30)10-11-31-17-7-5-4-6-15(17)23/h4-9H,10-13H2,1-3H3,(H,24,28)(H,25,30). The molecule has 4 rings (SSSR count). The van der Waals surface area contributed by atoms with Gasteiger partial charge in [0, 0.05) is 22.3 Å². The van der Waals surface area contributed by atoms with Gasteiger partial charge in [-0.1, -0.05) is 39.0 Å². The summed E-state index contributed by atoms with van der Waals surface area (Å²) in [5.74, 6) is -0.300. The number of carbonyl (C=O) groups is 4. The van der Waals surface area contributed by atoms with Crippen LogP contribution in [0.1, 0.15) is 47.3 Å². The van der Waals surface area contributed by atoms with Crippen molar-refractivity contribution in [3.63, 3.8) is 0 Å². The highest BCUT2D eigenvalue weighted by Crippen LogP contribution is 2.41. The maximum absolute atomic E-state index is 13.3. The zero-order valence-corrected chi connectivity index (χ0v) is 19.0. The molecule has 1 aromatic heterocycles. The Morgan fingerprint density at radius 3 is 2.69 bits per heavy atom. The Balaban J connectivity index is 1.46. The molecular formula is C23H25N3O5S. The molecule has 3 heterocycles. The summed E-state index contributed by atoms with van der Waals surface area (Å²) in [6.07, 6.45) is 0.301. The van der Waals surface area contributed by atoms with Gasteiger partial charge in [0.2, 0.25) is 5.91 Å². The molecule has 32 heavy (non-hydrogen) atoms. The molecule has 1 saturated heterocycles. The third-order valence-electron chi connectivity index (χ3n) is 5.60. The molecule has 0 saturated carbocycles. The number of urea groups is 1. The first-order valence-electron chi connectivity index (χ1n) is 10.4. The summed E-state index contributed by atoms with van der Waals surface area (Å²) in [4.78, 5) is 53.1. The highest BCUT2D eigenvalue weighted by atomic mass is 32.1. The second kappa shape index (κ2) is 8.05. The molecular weight excluding hydrogens is 430 g/mol. The Morgan fingerprint density at radius 2 is 1.94 bits per heavy atom. The topological polar surface area (TPSA) is 105 Å². The van der Waals surface area contributed by atoms with E-state index in [4.69, 9.17) is 4.74 Å². The number of fused-ring (bicyclic) bond motifs is 2. The second-order valence-corrected chi connectivity index (χ2v) is 10.1. The number of ketones is 1. The zero-order valence-electron chi connectivity index (χ0n) is 18.2. The Kier molecular flexibility index (Phi) is 5.54. The number of imide groups is 1. The Bertz CT molecular complexity index is 1100. The number of Topliss-reactive ketones (excluding diaryl/α,β-unsaturated/α-hetero) is 1. The quantitative estimate of drug-likeness (QED) is 0.533. The maximum atomic E-state index is 13.3. The first-order valence-corrected chi connectivity index (χ1v) is 11.2. The molecule has 1 aromatic carbocycles. The van der Waals surface area contributed by atoms with Gasteiger partial charge in [-0.05, 0) is 18.2 Å². The SMILES string of the molecule is CC(C)(C)C(=O)NCc1ccc(C(=O)CN2C(=O)NC3(CCOc4ccccc43)C2=O)s1. The van der Waals surface area contributed by atoms with Crippen LogP contribution in [0.4, 0.5) is 4.79 Å². The molecule has 0 aliphatic carbocycles. The van der Waals surface area contributed by atoms with Crippen LogP contribution in [0.15, 0.2) is 36.4 Å². The van der Waals surface area contributed by atoms with Crippen LogP contribution in [0.25, 0.3) is 0 Å².